The van der Waals surface area contributed by atoms with Crippen molar-refractivity contribution in [3.63, 3.8) is 0 Å². The molecular weight excluding hydrogens is 368 g/mol. The van der Waals surface area contributed by atoms with Crippen LogP contribution in [0.5, 0.6) is 0 Å². The summed E-state index contributed by atoms with van der Waals surface area (Å²) in [7, 11) is 0. The number of hydrogen-bond acceptors (Lipinski definition) is 5. The topological polar surface area (TPSA) is 56.7 Å². The minimum absolute atomic E-state index is 0.558. The summed E-state index contributed by atoms with van der Waals surface area (Å²) in [6.07, 6.45) is 3.46. The van der Waals surface area contributed by atoms with E-state index in [1.54, 1.807) is 24.2 Å². The van der Waals surface area contributed by atoms with Gasteiger partial charge in [0, 0.05) is 22.5 Å². The molecule has 1 aromatic carbocycles. The molecule has 26 heavy (non-hydrogen) atoms. The van der Waals surface area contributed by atoms with Gasteiger partial charge in [0.1, 0.15) is 5.76 Å². The third-order valence-corrected chi connectivity index (χ3v) is 5.04. The predicted octanol–water partition coefficient (Wildman–Crippen LogP) is 4.93. The Morgan fingerprint density at radius 2 is 1.88 bits per heavy atom. The molecular formula is C19H15ClN4OS. The average molecular weight is 383 g/mol. The molecule has 4 rings (SSSR count). The third-order valence-electron chi connectivity index (χ3n) is 3.79. The van der Waals surface area contributed by atoms with Crippen LogP contribution in [0.2, 0.25) is 5.02 Å². The molecule has 3 heterocycles. The molecule has 0 aliphatic heterocycles. The number of thioether (sulfide) groups is 1. The minimum atomic E-state index is 0.558. The molecule has 4 aromatic rings. The Balaban J connectivity index is 1.65. The second-order valence-corrected chi connectivity index (χ2v) is 6.97. The number of furan rings is 1. The molecule has 0 radical (unpaired) electrons. The maximum Gasteiger partial charge on any atom is 0.192 e. The van der Waals surface area contributed by atoms with Crippen LogP contribution in [-0.2, 0) is 12.3 Å². The zero-order chi connectivity index (χ0) is 17.8. The largest absolute Gasteiger partial charge is 0.467 e. The minimum Gasteiger partial charge on any atom is -0.467 e. The Labute approximate surface area is 160 Å². The van der Waals surface area contributed by atoms with Crippen molar-refractivity contribution >= 4 is 23.4 Å². The molecule has 0 atom stereocenters. The van der Waals surface area contributed by atoms with Crippen molar-refractivity contribution in [2.45, 2.75) is 17.5 Å². The van der Waals surface area contributed by atoms with E-state index in [1.165, 1.54) is 0 Å². The zero-order valence-electron chi connectivity index (χ0n) is 13.7. The summed E-state index contributed by atoms with van der Waals surface area (Å²) < 4.78 is 7.57. The number of rotatable bonds is 6. The lowest BCUT2D eigenvalue weighted by atomic mass is 10.2. The van der Waals surface area contributed by atoms with Crippen LogP contribution in [0, 0.1) is 0 Å². The van der Waals surface area contributed by atoms with Crippen molar-refractivity contribution in [2.24, 2.45) is 0 Å². The van der Waals surface area contributed by atoms with Crippen molar-refractivity contribution in [3.8, 4) is 11.4 Å². The maximum absolute atomic E-state index is 6.01. The summed E-state index contributed by atoms with van der Waals surface area (Å²) in [5.41, 5.74) is 1.95. The monoisotopic (exact) mass is 382 g/mol. The Morgan fingerprint density at radius 3 is 2.62 bits per heavy atom. The first-order valence-corrected chi connectivity index (χ1v) is 9.40. The Hall–Kier alpha value is -2.57. The molecule has 0 saturated carbocycles. The highest BCUT2D eigenvalue weighted by Crippen LogP contribution is 2.27. The fourth-order valence-electron chi connectivity index (χ4n) is 2.53. The van der Waals surface area contributed by atoms with E-state index >= 15 is 0 Å². The van der Waals surface area contributed by atoms with Gasteiger partial charge in [-0.3, -0.25) is 9.55 Å². The maximum atomic E-state index is 6.01. The Bertz CT molecular complexity index is 969. The SMILES string of the molecule is Clc1ccc(-c2nnc(SCc3ccccn3)n2Cc2ccco2)cc1. The number of nitrogens with zero attached hydrogens (tertiary/aromatic N) is 4. The second kappa shape index (κ2) is 7.76. The van der Waals surface area contributed by atoms with Gasteiger partial charge in [0.2, 0.25) is 0 Å². The molecule has 0 aliphatic carbocycles. The van der Waals surface area contributed by atoms with E-state index in [4.69, 9.17) is 16.0 Å². The Morgan fingerprint density at radius 1 is 1.00 bits per heavy atom. The van der Waals surface area contributed by atoms with E-state index in [0.717, 1.165) is 33.8 Å². The van der Waals surface area contributed by atoms with Gasteiger partial charge in [-0.1, -0.05) is 29.4 Å². The first kappa shape index (κ1) is 16.9. The summed E-state index contributed by atoms with van der Waals surface area (Å²) in [6, 6.07) is 17.3. The molecule has 0 amide bonds. The summed E-state index contributed by atoms with van der Waals surface area (Å²) in [5.74, 6) is 2.35. The number of halogens is 1. The number of benzene rings is 1. The van der Waals surface area contributed by atoms with E-state index < -0.39 is 0 Å². The Kier molecular flexibility index (Phi) is 5.04. The molecule has 0 spiro atoms. The molecule has 0 saturated heterocycles. The van der Waals surface area contributed by atoms with Gasteiger partial charge in [-0.25, -0.2) is 0 Å². The zero-order valence-corrected chi connectivity index (χ0v) is 15.3. The first-order valence-electron chi connectivity index (χ1n) is 8.04. The quantitative estimate of drug-likeness (QED) is 0.443. The predicted molar refractivity (Wildman–Crippen MR) is 102 cm³/mol. The van der Waals surface area contributed by atoms with Gasteiger partial charge in [0.05, 0.1) is 18.5 Å². The van der Waals surface area contributed by atoms with Gasteiger partial charge in [0.15, 0.2) is 11.0 Å². The van der Waals surface area contributed by atoms with E-state index in [-0.39, 0.29) is 0 Å². The van der Waals surface area contributed by atoms with Crippen molar-refractivity contribution in [2.75, 3.05) is 0 Å². The molecule has 7 heteroatoms. The number of pyridine rings is 1. The van der Waals surface area contributed by atoms with E-state index in [9.17, 15) is 0 Å². The molecule has 130 valence electrons. The lowest BCUT2D eigenvalue weighted by Gasteiger charge is -2.09. The summed E-state index contributed by atoms with van der Waals surface area (Å²) in [5, 5.41) is 10.3. The summed E-state index contributed by atoms with van der Waals surface area (Å²) >= 11 is 7.61. The van der Waals surface area contributed by atoms with Crippen molar-refractivity contribution in [1.29, 1.82) is 0 Å². The van der Waals surface area contributed by atoms with E-state index in [2.05, 4.69) is 19.7 Å². The second-order valence-electron chi connectivity index (χ2n) is 5.59. The van der Waals surface area contributed by atoms with E-state index in [0.29, 0.717) is 11.6 Å². The van der Waals surface area contributed by atoms with Gasteiger partial charge in [0.25, 0.3) is 0 Å². The molecule has 0 aliphatic rings. The summed E-state index contributed by atoms with van der Waals surface area (Å²) in [4.78, 5) is 4.36. The van der Waals surface area contributed by atoms with Gasteiger partial charge in [-0.2, -0.15) is 0 Å². The first-order chi connectivity index (χ1) is 12.8. The smallest absolute Gasteiger partial charge is 0.192 e. The van der Waals surface area contributed by atoms with E-state index in [1.807, 2.05) is 54.6 Å². The van der Waals surface area contributed by atoms with Gasteiger partial charge >= 0.3 is 0 Å². The van der Waals surface area contributed by atoms with Crippen LogP contribution in [0.25, 0.3) is 11.4 Å². The van der Waals surface area contributed by atoms with Crippen LogP contribution in [0.15, 0.2) is 76.6 Å². The van der Waals surface area contributed by atoms with Crippen molar-refractivity contribution in [3.05, 3.63) is 83.5 Å². The normalized spacial score (nSPS) is 11.0. The average Bonchev–Trinajstić information content (AvgIpc) is 3.32. The van der Waals surface area contributed by atoms with Crippen LogP contribution in [0.4, 0.5) is 0 Å². The van der Waals surface area contributed by atoms with Crippen LogP contribution in [-0.4, -0.2) is 19.7 Å². The molecule has 0 N–H and O–H groups in total. The molecule has 3 aromatic heterocycles. The van der Waals surface area contributed by atoms with Crippen molar-refractivity contribution in [1.82, 2.24) is 19.7 Å². The van der Waals surface area contributed by atoms with Crippen LogP contribution in [0.1, 0.15) is 11.5 Å². The van der Waals surface area contributed by atoms with Gasteiger partial charge < -0.3 is 4.42 Å². The number of aromatic nitrogens is 4. The highest BCUT2D eigenvalue weighted by Gasteiger charge is 2.16. The fourth-order valence-corrected chi connectivity index (χ4v) is 3.51. The van der Waals surface area contributed by atoms with Crippen LogP contribution >= 0.6 is 23.4 Å². The highest BCUT2D eigenvalue weighted by molar-refractivity contribution is 7.98. The standard InChI is InChI=1S/C19H15ClN4OS/c20-15-8-6-14(7-9-15)18-22-23-19(24(18)12-17-5-3-11-25-17)26-13-16-4-1-2-10-21-16/h1-11H,12-13H2. The molecule has 0 fully saturated rings. The van der Waals surface area contributed by atoms with Gasteiger partial charge in [-0.15, -0.1) is 10.2 Å². The number of hydrogen-bond donors (Lipinski definition) is 0. The van der Waals surface area contributed by atoms with Gasteiger partial charge in [-0.05, 0) is 48.5 Å². The van der Waals surface area contributed by atoms with Crippen molar-refractivity contribution < 1.29 is 4.42 Å². The lowest BCUT2D eigenvalue weighted by molar-refractivity contribution is 0.485. The lowest BCUT2D eigenvalue weighted by Crippen LogP contribution is -2.03. The molecule has 5 nitrogen and oxygen atoms in total. The molecule has 0 bridgehead atoms. The highest BCUT2D eigenvalue weighted by atomic mass is 35.5. The van der Waals surface area contributed by atoms with Crippen LogP contribution < -0.4 is 0 Å². The summed E-state index contributed by atoms with van der Waals surface area (Å²) in [6.45, 7) is 0.558. The fraction of sp³-hybridized carbons (Fsp3) is 0.105. The van der Waals surface area contributed by atoms with Crippen LogP contribution in [0.3, 0.4) is 0 Å². The third kappa shape index (κ3) is 3.81. The molecule has 0 unspecified atom stereocenters.